The van der Waals surface area contributed by atoms with Gasteiger partial charge in [0.1, 0.15) is 5.75 Å². The number of carbonyl (C=O) groups excluding carboxylic acids is 1. The van der Waals surface area contributed by atoms with Crippen molar-refractivity contribution in [2.24, 2.45) is 5.92 Å². The van der Waals surface area contributed by atoms with Crippen molar-refractivity contribution in [2.75, 3.05) is 6.61 Å². The van der Waals surface area contributed by atoms with E-state index in [-0.39, 0.29) is 5.97 Å². The summed E-state index contributed by atoms with van der Waals surface area (Å²) in [4.78, 5) is 11.3. The Balaban J connectivity index is 2.01. The molecule has 0 N–H and O–H groups in total. The Morgan fingerprint density at radius 1 is 1.22 bits per heavy atom. The van der Waals surface area contributed by atoms with E-state index in [1.807, 2.05) is 12.1 Å². The Morgan fingerprint density at radius 2 is 1.89 bits per heavy atom. The van der Waals surface area contributed by atoms with E-state index in [4.69, 9.17) is 9.47 Å². The lowest BCUT2D eigenvalue weighted by molar-refractivity contribution is -0.143. The van der Waals surface area contributed by atoms with Gasteiger partial charge in [-0.1, -0.05) is 32.9 Å². The van der Waals surface area contributed by atoms with Gasteiger partial charge in [0.05, 0.1) is 6.61 Å². The maximum atomic E-state index is 11.3. The van der Waals surface area contributed by atoms with Crippen LogP contribution in [0.2, 0.25) is 0 Å². The molecule has 0 saturated carbocycles. The Labute approximate surface area is 108 Å². The predicted molar refractivity (Wildman–Crippen MR) is 69.7 cm³/mol. The fraction of sp³-hybridized carbons (Fsp3) is 0.533. The van der Waals surface area contributed by atoms with Crippen molar-refractivity contribution >= 4 is 5.97 Å². The minimum absolute atomic E-state index is 0.255. The fourth-order valence-electron chi connectivity index (χ4n) is 1.98. The van der Waals surface area contributed by atoms with Crippen molar-refractivity contribution in [1.82, 2.24) is 0 Å². The first-order chi connectivity index (χ1) is 8.58. The summed E-state index contributed by atoms with van der Waals surface area (Å²) in [6.45, 7) is 7.11. The Bertz CT molecular complexity index is 408. The van der Waals surface area contributed by atoms with Gasteiger partial charge in [0.25, 0.3) is 0 Å². The molecule has 0 radical (unpaired) electrons. The summed E-state index contributed by atoms with van der Waals surface area (Å²) >= 11 is 0. The van der Waals surface area contributed by atoms with Crippen LogP contribution in [0, 0.1) is 5.92 Å². The van der Waals surface area contributed by atoms with Crippen LogP contribution < -0.4 is 4.74 Å². The zero-order valence-electron chi connectivity index (χ0n) is 11.2. The molecule has 0 spiro atoms. The van der Waals surface area contributed by atoms with E-state index in [1.54, 1.807) is 0 Å². The van der Waals surface area contributed by atoms with Gasteiger partial charge in [-0.3, -0.25) is 0 Å². The van der Waals surface area contributed by atoms with Crippen molar-refractivity contribution in [3.8, 4) is 5.75 Å². The molecule has 1 fully saturated rings. The molecule has 1 aromatic carbocycles. The molecule has 1 heterocycles. The second-order valence-corrected chi connectivity index (χ2v) is 5.16. The molecular formula is C15H20O3. The van der Waals surface area contributed by atoms with Crippen LogP contribution in [0.1, 0.15) is 38.7 Å². The summed E-state index contributed by atoms with van der Waals surface area (Å²) in [5.41, 5.74) is 1.30. The lowest BCUT2D eigenvalue weighted by Gasteiger charge is -2.17. The monoisotopic (exact) mass is 248 g/mol. The topological polar surface area (TPSA) is 35.5 Å². The van der Waals surface area contributed by atoms with E-state index < -0.39 is 6.10 Å². The number of hydrogen-bond acceptors (Lipinski definition) is 3. The first-order valence-corrected chi connectivity index (χ1v) is 6.51. The molecule has 2 unspecified atom stereocenters. The highest BCUT2D eigenvalue weighted by molar-refractivity contribution is 5.76. The Kier molecular flexibility index (Phi) is 3.90. The number of esters is 1. The fourth-order valence-corrected chi connectivity index (χ4v) is 1.98. The molecule has 1 saturated heterocycles. The number of carbonyl (C=O) groups is 1. The van der Waals surface area contributed by atoms with E-state index in [2.05, 4.69) is 32.9 Å². The van der Waals surface area contributed by atoms with Crippen LogP contribution in [0.15, 0.2) is 24.3 Å². The average Bonchev–Trinajstić information content (AvgIpc) is 2.75. The van der Waals surface area contributed by atoms with E-state index in [0.29, 0.717) is 24.9 Å². The molecule has 2 rings (SSSR count). The van der Waals surface area contributed by atoms with E-state index in [0.717, 1.165) is 5.75 Å². The van der Waals surface area contributed by atoms with Gasteiger partial charge in [-0.05, 0) is 29.5 Å². The van der Waals surface area contributed by atoms with Gasteiger partial charge in [0.15, 0.2) is 6.10 Å². The highest BCUT2D eigenvalue weighted by Gasteiger charge is 2.28. The summed E-state index contributed by atoms with van der Waals surface area (Å²) in [6, 6.07) is 8.00. The van der Waals surface area contributed by atoms with Gasteiger partial charge in [-0.25, -0.2) is 4.79 Å². The lowest BCUT2D eigenvalue weighted by atomic mass is 9.90. The van der Waals surface area contributed by atoms with Crippen LogP contribution >= 0.6 is 0 Å². The molecule has 18 heavy (non-hydrogen) atoms. The van der Waals surface area contributed by atoms with Crippen molar-refractivity contribution in [1.29, 1.82) is 0 Å². The summed E-state index contributed by atoms with van der Waals surface area (Å²) in [5.74, 6) is 1.62. The molecule has 1 aliphatic heterocycles. The molecule has 0 aromatic heterocycles. The SMILES string of the molecule is CC(C)C(C)c1ccc(OC2CCOC2=O)cc1. The number of hydrogen-bond donors (Lipinski definition) is 0. The van der Waals surface area contributed by atoms with Gasteiger partial charge in [-0.2, -0.15) is 0 Å². The van der Waals surface area contributed by atoms with Crippen molar-refractivity contribution in [3.05, 3.63) is 29.8 Å². The Hall–Kier alpha value is -1.51. The molecule has 0 aliphatic carbocycles. The summed E-state index contributed by atoms with van der Waals surface area (Å²) in [6.07, 6.45) is 0.210. The standard InChI is InChI=1S/C15H20O3/c1-10(2)11(3)12-4-6-13(7-5-12)18-14-8-9-17-15(14)16/h4-7,10-11,14H,8-9H2,1-3H3. The maximum Gasteiger partial charge on any atom is 0.347 e. The van der Waals surface area contributed by atoms with Crippen LogP contribution in [0.5, 0.6) is 5.75 Å². The zero-order chi connectivity index (χ0) is 13.1. The van der Waals surface area contributed by atoms with Crippen molar-refractivity contribution < 1.29 is 14.3 Å². The summed E-state index contributed by atoms with van der Waals surface area (Å²) in [7, 11) is 0. The number of benzene rings is 1. The van der Waals surface area contributed by atoms with Crippen molar-refractivity contribution in [3.63, 3.8) is 0 Å². The third-order valence-electron chi connectivity index (χ3n) is 3.57. The van der Waals surface area contributed by atoms with Crippen LogP contribution in [0.3, 0.4) is 0 Å². The summed E-state index contributed by atoms with van der Waals surface area (Å²) in [5, 5.41) is 0. The van der Waals surface area contributed by atoms with E-state index in [1.165, 1.54) is 5.56 Å². The average molecular weight is 248 g/mol. The smallest absolute Gasteiger partial charge is 0.347 e. The number of rotatable bonds is 4. The minimum atomic E-state index is -0.432. The molecule has 0 bridgehead atoms. The van der Waals surface area contributed by atoms with Crippen LogP contribution in [0.25, 0.3) is 0 Å². The predicted octanol–water partition coefficient (Wildman–Crippen LogP) is 3.14. The molecule has 3 nitrogen and oxygen atoms in total. The molecule has 0 amide bonds. The molecule has 3 heteroatoms. The number of cyclic esters (lactones) is 1. The highest BCUT2D eigenvalue weighted by Crippen LogP contribution is 2.26. The van der Waals surface area contributed by atoms with Gasteiger partial charge in [0, 0.05) is 6.42 Å². The second kappa shape index (κ2) is 5.42. The third kappa shape index (κ3) is 2.84. The van der Waals surface area contributed by atoms with Gasteiger partial charge >= 0.3 is 5.97 Å². The normalized spacial score (nSPS) is 20.9. The first-order valence-electron chi connectivity index (χ1n) is 6.51. The lowest BCUT2D eigenvalue weighted by Crippen LogP contribution is -2.21. The van der Waals surface area contributed by atoms with E-state index >= 15 is 0 Å². The summed E-state index contributed by atoms with van der Waals surface area (Å²) < 4.78 is 10.5. The van der Waals surface area contributed by atoms with Gasteiger partial charge in [-0.15, -0.1) is 0 Å². The van der Waals surface area contributed by atoms with Crippen LogP contribution in [0.4, 0.5) is 0 Å². The maximum absolute atomic E-state index is 11.3. The Morgan fingerprint density at radius 3 is 2.39 bits per heavy atom. The second-order valence-electron chi connectivity index (χ2n) is 5.16. The zero-order valence-corrected chi connectivity index (χ0v) is 11.2. The minimum Gasteiger partial charge on any atom is -0.479 e. The van der Waals surface area contributed by atoms with Crippen LogP contribution in [-0.2, 0) is 9.53 Å². The molecule has 1 aliphatic rings. The third-order valence-corrected chi connectivity index (χ3v) is 3.57. The quantitative estimate of drug-likeness (QED) is 0.768. The number of ether oxygens (including phenoxy) is 2. The van der Waals surface area contributed by atoms with Gasteiger partial charge < -0.3 is 9.47 Å². The highest BCUT2D eigenvalue weighted by atomic mass is 16.6. The first kappa shape index (κ1) is 12.9. The van der Waals surface area contributed by atoms with E-state index in [9.17, 15) is 4.79 Å². The molecule has 1 aromatic rings. The van der Waals surface area contributed by atoms with Crippen molar-refractivity contribution in [2.45, 2.75) is 39.2 Å². The van der Waals surface area contributed by atoms with Gasteiger partial charge in [0.2, 0.25) is 0 Å². The molecular weight excluding hydrogens is 228 g/mol. The molecule has 98 valence electrons. The largest absolute Gasteiger partial charge is 0.479 e. The molecule has 2 atom stereocenters. The van der Waals surface area contributed by atoms with Crippen LogP contribution in [-0.4, -0.2) is 18.7 Å².